The molecule has 0 spiro atoms. The van der Waals surface area contributed by atoms with Crippen LogP contribution in [0.2, 0.25) is 0 Å². The van der Waals surface area contributed by atoms with Crippen LogP contribution in [0.4, 0.5) is 0 Å². The molecule has 2 aromatic rings. The van der Waals surface area contributed by atoms with Crippen LogP contribution in [0.15, 0.2) is 60.7 Å². The molecule has 0 amide bonds. The lowest BCUT2D eigenvalue weighted by Crippen LogP contribution is -2.58. The molecule has 0 heterocycles. The van der Waals surface area contributed by atoms with E-state index in [2.05, 4.69) is 12.2 Å². The summed E-state index contributed by atoms with van der Waals surface area (Å²) >= 11 is 0. The molecule has 3 aliphatic carbocycles. The summed E-state index contributed by atoms with van der Waals surface area (Å²) in [5.74, 6) is 3.24. The van der Waals surface area contributed by atoms with E-state index in [1.54, 1.807) is 14.2 Å². The molecule has 140 valence electrons. The highest BCUT2D eigenvalue weighted by Crippen LogP contribution is 2.73. The normalized spacial score (nSPS) is 30.7. The number of aliphatic hydroxyl groups is 1. The molecule has 2 saturated carbocycles. The minimum absolute atomic E-state index is 0.115. The third-order valence-electron chi connectivity index (χ3n) is 7.52. The van der Waals surface area contributed by atoms with Gasteiger partial charge in [0.05, 0.1) is 14.2 Å². The molecule has 0 radical (unpaired) electrons. The van der Waals surface area contributed by atoms with Crippen LogP contribution in [0.3, 0.4) is 0 Å². The fourth-order valence-corrected chi connectivity index (χ4v) is 6.17. The maximum Gasteiger partial charge on any atom is 0.121 e. The van der Waals surface area contributed by atoms with Crippen molar-refractivity contribution in [2.45, 2.75) is 24.9 Å². The van der Waals surface area contributed by atoms with E-state index >= 15 is 0 Å². The number of methoxy groups -OCH3 is 2. The molecule has 27 heavy (non-hydrogen) atoms. The van der Waals surface area contributed by atoms with E-state index in [0.717, 1.165) is 29.0 Å². The predicted octanol–water partition coefficient (Wildman–Crippen LogP) is 4.54. The van der Waals surface area contributed by atoms with Gasteiger partial charge in [-0.2, -0.15) is 0 Å². The molecule has 0 unspecified atom stereocenters. The number of benzene rings is 2. The summed E-state index contributed by atoms with van der Waals surface area (Å²) in [5.41, 5.74) is 0.784. The van der Waals surface area contributed by atoms with Crippen LogP contribution in [-0.2, 0) is 5.60 Å². The maximum atomic E-state index is 12.5. The molecule has 3 aliphatic rings. The van der Waals surface area contributed by atoms with Gasteiger partial charge in [-0.05, 0) is 72.4 Å². The van der Waals surface area contributed by atoms with Crippen molar-refractivity contribution in [1.29, 1.82) is 0 Å². The van der Waals surface area contributed by atoms with Crippen molar-refractivity contribution in [3.8, 4) is 11.5 Å². The van der Waals surface area contributed by atoms with Gasteiger partial charge >= 0.3 is 0 Å². The smallest absolute Gasteiger partial charge is 0.121 e. The Morgan fingerprint density at radius 1 is 0.889 bits per heavy atom. The van der Waals surface area contributed by atoms with Gasteiger partial charge in [-0.25, -0.2) is 0 Å². The molecule has 2 fully saturated rings. The number of ether oxygens (including phenoxy) is 2. The lowest BCUT2D eigenvalue weighted by molar-refractivity contribution is -0.157. The third-order valence-corrected chi connectivity index (χ3v) is 7.52. The molecule has 5 rings (SSSR count). The predicted molar refractivity (Wildman–Crippen MR) is 105 cm³/mol. The van der Waals surface area contributed by atoms with Crippen LogP contribution in [0.25, 0.3) is 0 Å². The highest BCUT2D eigenvalue weighted by molar-refractivity contribution is 5.46. The second-order valence-electron chi connectivity index (χ2n) is 8.24. The first-order valence-electron chi connectivity index (χ1n) is 9.83. The molecular formula is C24H26O3. The Bertz CT molecular complexity index is 820. The van der Waals surface area contributed by atoms with E-state index in [4.69, 9.17) is 9.47 Å². The first-order valence-corrected chi connectivity index (χ1v) is 9.83. The van der Waals surface area contributed by atoms with E-state index in [1.165, 1.54) is 12.8 Å². The fourth-order valence-electron chi connectivity index (χ4n) is 6.17. The van der Waals surface area contributed by atoms with Crippen molar-refractivity contribution in [2.75, 3.05) is 14.2 Å². The molecule has 4 atom stereocenters. The Labute approximate surface area is 160 Å². The minimum atomic E-state index is -1.02. The first-order chi connectivity index (χ1) is 13.1. The van der Waals surface area contributed by atoms with E-state index in [0.29, 0.717) is 17.8 Å². The summed E-state index contributed by atoms with van der Waals surface area (Å²) in [7, 11) is 3.35. The lowest BCUT2D eigenvalue weighted by Gasteiger charge is -2.60. The molecule has 2 bridgehead atoms. The Hall–Kier alpha value is -2.26. The minimum Gasteiger partial charge on any atom is -0.497 e. The number of fused-ring (bicyclic) bond motifs is 5. The highest BCUT2D eigenvalue weighted by Gasteiger charge is 2.70. The molecule has 0 saturated heterocycles. The number of rotatable bonds is 5. The van der Waals surface area contributed by atoms with Crippen LogP contribution in [0.5, 0.6) is 11.5 Å². The summed E-state index contributed by atoms with van der Waals surface area (Å²) in [6, 6.07) is 15.9. The number of hydrogen-bond acceptors (Lipinski definition) is 3. The van der Waals surface area contributed by atoms with E-state index in [-0.39, 0.29) is 5.41 Å². The van der Waals surface area contributed by atoms with Gasteiger partial charge in [0.2, 0.25) is 0 Å². The summed E-state index contributed by atoms with van der Waals surface area (Å²) in [4.78, 5) is 0. The van der Waals surface area contributed by atoms with Gasteiger partial charge in [0.1, 0.15) is 17.1 Å². The van der Waals surface area contributed by atoms with Crippen molar-refractivity contribution in [3.05, 3.63) is 71.8 Å². The highest BCUT2D eigenvalue weighted by atomic mass is 16.5. The van der Waals surface area contributed by atoms with Gasteiger partial charge in [0.25, 0.3) is 0 Å². The van der Waals surface area contributed by atoms with Gasteiger partial charge < -0.3 is 14.6 Å². The molecule has 0 aromatic heterocycles. The maximum absolute atomic E-state index is 12.5. The number of allylic oxidation sites excluding steroid dienone is 2. The lowest BCUT2D eigenvalue weighted by atomic mass is 9.46. The molecule has 0 aliphatic heterocycles. The summed E-state index contributed by atoms with van der Waals surface area (Å²) in [6.45, 7) is 0. The van der Waals surface area contributed by atoms with Gasteiger partial charge in [0.15, 0.2) is 0 Å². The average Bonchev–Trinajstić information content (AvgIpc) is 3.23. The van der Waals surface area contributed by atoms with Crippen LogP contribution in [0, 0.1) is 23.2 Å². The van der Waals surface area contributed by atoms with Gasteiger partial charge in [0, 0.05) is 5.41 Å². The van der Waals surface area contributed by atoms with Crippen molar-refractivity contribution < 1.29 is 14.6 Å². The van der Waals surface area contributed by atoms with Gasteiger partial charge in [-0.1, -0.05) is 36.4 Å². The summed E-state index contributed by atoms with van der Waals surface area (Å²) in [6.07, 6.45) is 8.20. The topological polar surface area (TPSA) is 38.7 Å². The largest absolute Gasteiger partial charge is 0.497 e. The Kier molecular flexibility index (Phi) is 3.67. The monoisotopic (exact) mass is 362 g/mol. The summed E-state index contributed by atoms with van der Waals surface area (Å²) < 4.78 is 10.7. The molecule has 3 nitrogen and oxygen atoms in total. The molecular weight excluding hydrogens is 336 g/mol. The Morgan fingerprint density at radius 2 is 1.44 bits per heavy atom. The van der Waals surface area contributed by atoms with Crippen LogP contribution >= 0.6 is 0 Å². The van der Waals surface area contributed by atoms with E-state index < -0.39 is 5.60 Å². The Morgan fingerprint density at radius 3 is 1.85 bits per heavy atom. The van der Waals surface area contributed by atoms with Crippen molar-refractivity contribution in [2.24, 2.45) is 23.2 Å². The zero-order valence-corrected chi connectivity index (χ0v) is 15.9. The average molecular weight is 362 g/mol. The van der Waals surface area contributed by atoms with Crippen molar-refractivity contribution in [1.82, 2.24) is 0 Å². The van der Waals surface area contributed by atoms with E-state index in [1.807, 2.05) is 48.5 Å². The zero-order chi connectivity index (χ0) is 18.6. The number of hydrogen-bond donors (Lipinski definition) is 1. The Balaban J connectivity index is 1.68. The standard InChI is InChI=1S/C24H26O3/c1-26-20-9-5-17(6-10-20)24(25,18-7-11-21(27-2)12-8-18)23-14-13-22(23)16-3-4-19(23)15-16/h3-12,16,19,22,25H,13-15H2,1-2H3/t16-,19+,22+,23+/m0/s1. The quantitative estimate of drug-likeness (QED) is 0.794. The van der Waals surface area contributed by atoms with Crippen molar-refractivity contribution in [3.63, 3.8) is 0 Å². The van der Waals surface area contributed by atoms with Crippen LogP contribution in [0.1, 0.15) is 30.4 Å². The zero-order valence-electron chi connectivity index (χ0n) is 15.9. The first kappa shape index (κ1) is 16.9. The van der Waals surface area contributed by atoms with Crippen LogP contribution < -0.4 is 9.47 Å². The SMILES string of the molecule is COc1ccc(C(O)(c2ccc(OC)cc2)[C@@]23CC[C@@H]2[C@H]2C=C[C@@H]3C2)cc1. The molecule has 1 N–H and O–H groups in total. The van der Waals surface area contributed by atoms with E-state index in [9.17, 15) is 5.11 Å². The molecule has 2 aromatic carbocycles. The fraction of sp³-hybridized carbons (Fsp3) is 0.417. The van der Waals surface area contributed by atoms with Crippen LogP contribution in [-0.4, -0.2) is 19.3 Å². The van der Waals surface area contributed by atoms with Gasteiger partial charge in [-0.3, -0.25) is 0 Å². The third kappa shape index (κ3) is 2.06. The second-order valence-corrected chi connectivity index (χ2v) is 8.24. The van der Waals surface area contributed by atoms with Crippen molar-refractivity contribution >= 4 is 0 Å². The second kappa shape index (κ2) is 5.87. The summed E-state index contributed by atoms with van der Waals surface area (Å²) in [5, 5.41) is 12.5. The molecule has 3 heteroatoms. The van der Waals surface area contributed by atoms with Gasteiger partial charge in [-0.15, -0.1) is 0 Å².